The lowest BCUT2D eigenvalue weighted by Gasteiger charge is -2.17. The lowest BCUT2D eigenvalue weighted by molar-refractivity contribution is 0.144. The van der Waals surface area contributed by atoms with E-state index in [1.165, 1.54) is 6.07 Å². The fourth-order valence-electron chi connectivity index (χ4n) is 1.26. The van der Waals surface area contributed by atoms with Crippen LogP contribution in [0.4, 0.5) is 4.39 Å². The van der Waals surface area contributed by atoms with Gasteiger partial charge in [0.1, 0.15) is 5.82 Å². The van der Waals surface area contributed by atoms with E-state index >= 15 is 0 Å². The first-order valence-electron chi connectivity index (χ1n) is 4.76. The van der Waals surface area contributed by atoms with E-state index in [9.17, 15) is 9.50 Å². The Bertz CT molecular complexity index is 314. The highest BCUT2D eigenvalue weighted by molar-refractivity contribution is 5.25. The van der Waals surface area contributed by atoms with Crippen molar-refractivity contribution in [3.8, 4) is 0 Å². The van der Waals surface area contributed by atoms with E-state index in [1.54, 1.807) is 19.1 Å². The van der Waals surface area contributed by atoms with E-state index in [-0.39, 0.29) is 11.9 Å². The van der Waals surface area contributed by atoms with Crippen LogP contribution < -0.4 is 5.73 Å². The zero-order valence-electron chi connectivity index (χ0n) is 8.50. The maximum atomic E-state index is 13.2. The van der Waals surface area contributed by atoms with Crippen molar-refractivity contribution in [3.63, 3.8) is 0 Å². The maximum absolute atomic E-state index is 13.2. The highest BCUT2D eigenvalue weighted by Gasteiger charge is 2.15. The zero-order chi connectivity index (χ0) is 10.7. The van der Waals surface area contributed by atoms with E-state index < -0.39 is 6.10 Å². The number of rotatable bonds is 3. The van der Waals surface area contributed by atoms with Crippen molar-refractivity contribution in [2.75, 3.05) is 0 Å². The molecule has 0 amide bonds. The molecule has 0 aliphatic rings. The Balaban J connectivity index is 2.91. The number of aryl methyl sites for hydroxylation is 1. The van der Waals surface area contributed by atoms with Crippen LogP contribution in [0.2, 0.25) is 0 Å². The predicted octanol–water partition coefficient (Wildman–Crippen LogP) is 1.90. The molecular weight excluding hydrogens is 181 g/mol. The largest absolute Gasteiger partial charge is 0.387 e. The molecule has 0 aliphatic carbocycles. The number of halogens is 1. The van der Waals surface area contributed by atoms with Crippen LogP contribution in [0, 0.1) is 12.7 Å². The van der Waals surface area contributed by atoms with Crippen LogP contribution in [0.25, 0.3) is 0 Å². The highest BCUT2D eigenvalue weighted by atomic mass is 19.1. The molecule has 0 saturated carbocycles. The number of hydrogen-bond donors (Lipinski definition) is 2. The summed E-state index contributed by atoms with van der Waals surface area (Å²) >= 11 is 0. The summed E-state index contributed by atoms with van der Waals surface area (Å²) in [6, 6.07) is 4.36. The van der Waals surface area contributed by atoms with E-state index in [0.717, 1.165) is 0 Å². The first-order valence-corrected chi connectivity index (χ1v) is 4.76. The molecule has 0 saturated heterocycles. The molecule has 2 nitrogen and oxygen atoms in total. The summed E-state index contributed by atoms with van der Waals surface area (Å²) < 4.78 is 13.2. The monoisotopic (exact) mass is 197 g/mol. The predicted molar refractivity (Wildman–Crippen MR) is 54.4 cm³/mol. The second kappa shape index (κ2) is 4.53. The Morgan fingerprint density at radius 3 is 2.64 bits per heavy atom. The Morgan fingerprint density at radius 2 is 2.14 bits per heavy atom. The van der Waals surface area contributed by atoms with Gasteiger partial charge >= 0.3 is 0 Å². The number of aliphatic hydroxyl groups excluding tert-OH is 1. The van der Waals surface area contributed by atoms with E-state index in [0.29, 0.717) is 17.5 Å². The summed E-state index contributed by atoms with van der Waals surface area (Å²) in [4.78, 5) is 0. The summed E-state index contributed by atoms with van der Waals surface area (Å²) in [5.74, 6) is -0.301. The van der Waals surface area contributed by atoms with Gasteiger partial charge in [-0.05, 0) is 30.5 Å². The molecule has 0 bridgehead atoms. The first-order chi connectivity index (χ1) is 6.56. The maximum Gasteiger partial charge on any atom is 0.126 e. The fourth-order valence-corrected chi connectivity index (χ4v) is 1.26. The summed E-state index contributed by atoms with van der Waals surface area (Å²) in [5.41, 5.74) is 6.78. The highest BCUT2D eigenvalue weighted by Crippen LogP contribution is 2.19. The third-order valence-corrected chi connectivity index (χ3v) is 2.41. The Hall–Kier alpha value is -0.930. The second-order valence-electron chi connectivity index (χ2n) is 3.53. The number of aliphatic hydroxyl groups is 1. The van der Waals surface area contributed by atoms with Gasteiger partial charge in [-0.2, -0.15) is 0 Å². The summed E-state index contributed by atoms with van der Waals surface area (Å²) in [6.07, 6.45) is -0.119. The van der Waals surface area contributed by atoms with E-state index in [1.807, 2.05) is 6.92 Å². The molecule has 3 heteroatoms. The molecule has 1 rings (SSSR count). The first kappa shape index (κ1) is 11.1. The van der Waals surface area contributed by atoms with Gasteiger partial charge < -0.3 is 10.8 Å². The minimum atomic E-state index is -0.782. The molecule has 0 aliphatic heterocycles. The minimum Gasteiger partial charge on any atom is -0.387 e. The third kappa shape index (κ3) is 2.30. The van der Waals surface area contributed by atoms with Gasteiger partial charge in [0, 0.05) is 6.04 Å². The average molecular weight is 197 g/mol. The van der Waals surface area contributed by atoms with Gasteiger partial charge in [-0.3, -0.25) is 0 Å². The minimum absolute atomic E-state index is 0.301. The van der Waals surface area contributed by atoms with Crippen LogP contribution in [0.1, 0.15) is 30.6 Å². The van der Waals surface area contributed by atoms with E-state index in [4.69, 9.17) is 5.73 Å². The molecule has 14 heavy (non-hydrogen) atoms. The van der Waals surface area contributed by atoms with Gasteiger partial charge in [0.2, 0.25) is 0 Å². The third-order valence-electron chi connectivity index (χ3n) is 2.41. The summed E-state index contributed by atoms with van der Waals surface area (Å²) in [7, 11) is 0. The standard InChI is InChI=1S/C11H16FNO/c1-3-10(13)11(14)8-5-4-7(2)9(12)6-8/h4-6,10-11,14H,3,13H2,1-2H3. The van der Waals surface area contributed by atoms with Gasteiger partial charge in [-0.1, -0.05) is 19.1 Å². The zero-order valence-corrected chi connectivity index (χ0v) is 8.50. The summed E-state index contributed by atoms with van der Waals surface area (Å²) in [6.45, 7) is 3.57. The van der Waals surface area contributed by atoms with Gasteiger partial charge in [0.15, 0.2) is 0 Å². The second-order valence-corrected chi connectivity index (χ2v) is 3.53. The van der Waals surface area contributed by atoms with Gasteiger partial charge in [-0.15, -0.1) is 0 Å². The van der Waals surface area contributed by atoms with Crippen LogP contribution in [0.3, 0.4) is 0 Å². The number of benzene rings is 1. The van der Waals surface area contributed by atoms with Crippen molar-refractivity contribution in [1.29, 1.82) is 0 Å². The van der Waals surface area contributed by atoms with Gasteiger partial charge in [0.25, 0.3) is 0 Å². The molecule has 2 unspecified atom stereocenters. The van der Waals surface area contributed by atoms with Crippen molar-refractivity contribution >= 4 is 0 Å². The quantitative estimate of drug-likeness (QED) is 0.777. The molecule has 0 radical (unpaired) electrons. The summed E-state index contributed by atoms with van der Waals surface area (Å²) in [5, 5.41) is 9.71. The molecule has 0 fully saturated rings. The normalized spacial score (nSPS) is 15.2. The molecule has 3 N–H and O–H groups in total. The van der Waals surface area contributed by atoms with Crippen LogP contribution in [0.15, 0.2) is 18.2 Å². The molecule has 0 spiro atoms. The Kier molecular flexibility index (Phi) is 3.61. The number of hydrogen-bond acceptors (Lipinski definition) is 2. The topological polar surface area (TPSA) is 46.2 Å². The molecular formula is C11H16FNO. The van der Waals surface area contributed by atoms with Crippen molar-refractivity contribution < 1.29 is 9.50 Å². The van der Waals surface area contributed by atoms with Crippen LogP contribution in [-0.4, -0.2) is 11.1 Å². The van der Waals surface area contributed by atoms with Gasteiger partial charge in [0.05, 0.1) is 6.10 Å². The average Bonchev–Trinajstić information content (AvgIpc) is 2.20. The fraction of sp³-hybridized carbons (Fsp3) is 0.455. The SMILES string of the molecule is CCC(N)C(O)c1ccc(C)c(F)c1. The van der Waals surface area contributed by atoms with Crippen LogP contribution >= 0.6 is 0 Å². The van der Waals surface area contributed by atoms with Crippen molar-refractivity contribution in [1.82, 2.24) is 0 Å². The molecule has 78 valence electrons. The van der Waals surface area contributed by atoms with Crippen molar-refractivity contribution in [2.45, 2.75) is 32.4 Å². The van der Waals surface area contributed by atoms with Gasteiger partial charge in [-0.25, -0.2) is 4.39 Å². The molecule has 2 atom stereocenters. The lowest BCUT2D eigenvalue weighted by Crippen LogP contribution is -2.27. The Labute approximate surface area is 83.6 Å². The molecule has 1 aromatic rings. The smallest absolute Gasteiger partial charge is 0.126 e. The molecule has 0 heterocycles. The van der Waals surface area contributed by atoms with Crippen LogP contribution in [-0.2, 0) is 0 Å². The van der Waals surface area contributed by atoms with Crippen molar-refractivity contribution in [2.24, 2.45) is 5.73 Å². The number of nitrogens with two attached hydrogens (primary N) is 1. The lowest BCUT2D eigenvalue weighted by atomic mass is 10.00. The molecule has 1 aromatic carbocycles. The van der Waals surface area contributed by atoms with E-state index in [2.05, 4.69) is 0 Å². The van der Waals surface area contributed by atoms with Crippen molar-refractivity contribution in [3.05, 3.63) is 35.1 Å². The Morgan fingerprint density at radius 1 is 1.50 bits per heavy atom. The van der Waals surface area contributed by atoms with Crippen LogP contribution in [0.5, 0.6) is 0 Å². The molecule has 0 aromatic heterocycles.